The Hall–Kier alpha value is -4.66. The molecule has 5 heterocycles. The third-order valence-corrected chi connectivity index (χ3v) is 18.3. The number of urea groups is 1. The van der Waals surface area contributed by atoms with Crippen LogP contribution in [0.2, 0.25) is 0 Å². The highest BCUT2D eigenvalue weighted by atomic mass is 19.1. The van der Waals surface area contributed by atoms with Gasteiger partial charge in [-0.2, -0.15) is 0 Å². The molecular formula is C59H97FN6O17. The summed E-state index contributed by atoms with van der Waals surface area (Å²) in [7, 11) is 1.48. The Balaban J connectivity index is 1.04. The number of hydrogen-bond donors (Lipinski definition) is 7. The molecular weight excluding hydrogens is 1080 g/mol. The summed E-state index contributed by atoms with van der Waals surface area (Å²) in [6.45, 7) is 25.0. The van der Waals surface area contributed by atoms with Gasteiger partial charge in [-0.05, 0) is 116 Å². The van der Waals surface area contributed by atoms with Crippen LogP contribution >= 0.6 is 0 Å². The zero-order valence-electron chi connectivity index (χ0n) is 51.3. The van der Waals surface area contributed by atoms with E-state index in [1.54, 1.807) is 58.6 Å². The van der Waals surface area contributed by atoms with Gasteiger partial charge in [0, 0.05) is 65.6 Å². The molecule has 9 unspecified atom stereocenters. The first-order valence-electron chi connectivity index (χ1n) is 29.8. The molecule has 0 spiro atoms. The van der Waals surface area contributed by atoms with Crippen LogP contribution in [0, 0.1) is 41.3 Å². The summed E-state index contributed by atoms with van der Waals surface area (Å²) in [6.07, 6.45) is -9.78. The van der Waals surface area contributed by atoms with Crippen molar-refractivity contribution in [3.63, 3.8) is 0 Å². The molecule has 1 aromatic carbocycles. The molecule has 0 bridgehead atoms. The number of esters is 1. The Labute approximate surface area is 489 Å². The Bertz CT molecular complexity index is 2350. The molecule has 20 atom stereocenters. The van der Waals surface area contributed by atoms with Crippen LogP contribution in [0.1, 0.15) is 129 Å². The van der Waals surface area contributed by atoms with Crippen molar-refractivity contribution in [3.8, 4) is 0 Å². The van der Waals surface area contributed by atoms with Crippen LogP contribution in [-0.2, 0) is 47.5 Å². The van der Waals surface area contributed by atoms with E-state index < -0.39 is 120 Å². The van der Waals surface area contributed by atoms with Gasteiger partial charge >= 0.3 is 24.2 Å². The Morgan fingerprint density at radius 3 is 2.11 bits per heavy atom. The van der Waals surface area contributed by atoms with Gasteiger partial charge < -0.3 is 84.1 Å². The number of nitrogens with zero attached hydrogens (tertiary/aromatic N) is 3. The molecule has 5 saturated heterocycles. The third-order valence-electron chi connectivity index (χ3n) is 18.3. The smallest absolute Gasteiger partial charge is 0.414 e. The minimum absolute atomic E-state index is 0.0181. The standard InChI is InChI=1S/C59H97FN6O17/c1-15-45-59(13,75)49(69)36(6)35(5)33(3)28-57(11,74)50(82-53-47(68)32(2)26-34(4)77-53)37(7)48(38(8)52(70)80-45)81-46-29-58(12,76-14)51(39(9)78-46)83-55(72)62-21-17-16-20-61-54(71)65-24-22-64(23-25-65)44-19-18-41(27-43(44)60)66-31-42(79-56(66)73)30-63-40(10)67/h18-19,27,32-39,42,45-51,53,68-69,74-75H,15-17,20-26,28-31H2,1-14H3,(H,61,71)(H,62,72)(H,63,67)/t32?,33-,34?,35+,36+,37?,38-,39?,42+,45-,46?,47?,48+,49-,50-,51?,53?,57-,58?,59-/m1/s1. The van der Waals surface area contributed by atoms with Gasteiger partial charge in [-0.3, -0.25) is 14.5 Å². The topological polar surface area (TPSA) is 286 Å². The van der Waals surface area contributed by atoms with E-state index in [4.69, 9.17) is 37.9 Å². The number of carbonyl (C=O) groups excluding carboxylic acids is 5. The number of anilines is 2. The number of alkyl carbamates (subject to hydrolysis) is 1. The molecule has 5 fully saturated rings. The highest BCUT2D eigenvalue weighted by molar-refractivity contribution is 5.90. The number of aliphatic hydroxyl groups is 4. The van der Waals surface area contributed by atoms with Gasteiger partial charge in [0.2, 0.25) is 5.91 Å². The lowest BCUT2D eigenvalue weighted by atomic mass is 9.70. The van der Waals surface area contributed by atoms with E-state index in [-0.39, 0.29) is 74.7 Å². The van der Waals surface area contributed by atoms with Crippen molar-refractivity contribution in [2.45, 2.75) is 213 Å². The first-order valence-corrected chi connectivity index (χ1v) is 29.8. The molecule has 472 valence electrons. The number of carbonyl (C=O) groups is 5. The number of hydrogen-bond acceptors (Lipinski definition) is 18. The summed E-state index contributed by atoms with van der Waals surface area (Å²) >= 11 is 0. The van der Waals surface area contributed by atoms with Crippen molar-refractivity contribution >= 4 is 41.5 Å². The summed E-state index contributed by atoms with van der Waals surface area (Å²) in [5, 5.41) is 56.1. The second-order valence-corrected chi connectivity index (χ2v) is 24.9. The van der Waals surface area contributed by atoms with Gasteiger partial charge in [0.15, 0.2) is 18.7 Å². The van der Waals surface area contributed by atoms with Crippen LogP contribution in [0.4, 0.5) is 30.1 Å². The predicted molar refractivity (Wildman–Crippen MR) is 303 cm³/mol. The molecule has 0 aliphatic carbocycles. The SMILES string of the molecule is CC[C@H]1OC(=O)[C@H](C)[C@@H](OC2CC(C)(OC)C(OC(=O)NCCCCNC(=O)N3CCN(c4ccc(N5C[C@H](CNC(C)=O)OC5=O)cc4F)CC3)C(C)O2)C(C)[C@@H](OC2OC(C)CC(C)C2O)[C@](C)(O)C[C@@H](C)[C@H](C)[C@H](C)[C@@H](O)[C@]1(C)O. The predicted octanol–water partition coefficient (Wildman–Crippen LogP) is 5.20. The van der Waals surface area contributed by atoms with Gasteiger partial charge in [0.25, 0.3) is 0 Å². The van der Waals surface area contributed by atoms with Crippen LogP contribution in [-0.4, -0.2) is 199 Å². The van der Waals surface area contributed by atoms with Crippen molar-refractivity contribution in [2.75, 3.05) is 69.3 Å². The summed E-state index contributed by atoms with van der Waals surface area (Å²) < 4.78 is 65.2. The number of unbranched alkanes of at least 4 members (excludes halogenated alkanes) is 1. The molecule has 24 heteroatoms. The Morgan fingerprint density at radius 1 is 0.819 bits per heavy atom. The molecule has 5 aliphatic rings. The number of amides is 5. The lowest BCUT2D eigenvalue weighted by Gasteiger charge is -2.49. The fraction of sp³-hybridized carbons (Fsp3) is 0.814. The molecule has 5 aliphatic heterocycles. The maximum absolute atomic E-state index is 15.4. The fourth-order valence-corrected chi connectivity index (χ4v) is 12.8. The van der Waals surface area contributed by atoms with Gasteiger partial charge in [0.1, 0.15) is 35.3 Å². The first-order chi connectivity index (χ1) is 38.9. The summed E-state index contributed by atoms with van der Waals surface area (Å²) in [5.41, 5.74) is -3.99. The van der Waals surface area contributed by atoms with Crippen LogP contribution < -0.4 is 25.8 Å². The zero-order chi connectivity index (χ0) is 61.5. The molecule has 0 radical (unpaired) electrons. The van der Waals surface area contributed by atoms with E-state index in [9.17, 15) is 44.4 Å². The fourth-order valence-electron chi connectivity index (χ4n) is 12.8. The highest BCUT2D eigenvalue weighted by Crippen LogP contribution is 2.43. The second kappa shape index (κ2) is 28.7. The number of aliphatic hydroxyl groups excluding tert-OH is 2. The van der Waals surface area contributed by atoms with E-state index in [0.717, 1.165) is 0 Å². The molecule has 6 rings (SSSR count). The monoisotopic (exact) mass is 1180 g/mol. The van der Waals surface area contributed by atoms with Crippen LogP contribution in [0.25, 0.3) is 0 Å². The van der Waals surface area contributed by atoms with Crippen molar-refractivity contribution in [1.82, 2.24) is 20.9 Å². The number of nitrogens with one attached hydrogen (secondary N) is 3. The van der Waals surface area contributed by atoms with E-state index in [2.05, 4.69) is 16.0 Å². The number of ether oxygens (including phenoxy) is 8. The van der Waals surface area contributed by atoms with E-state index in [0.29, 0.717) is 63.4 Å². The summed E-state index contributed by atoms with van der Waals surface area (Å²) in [5.74, 6) is -4.58. The largest absolute Gasteiger partial charge is 0.459 e. The maximum atomic E-state index is 15.4. The number of halogens is 1. The molecule has 83 heavy (non-hydrogen) atoms. The first kappa shape index (κ1) is 67.5. The molecule has 0 aromatic heterocycles. The molecule has 23 nitrogen and oxygen atoms in total. The number of cyclic esters (lactones) is 2. The lowest BCUT2D eigenvalue weighted by molar-refractivity contribution is -0.318. The molecule has 5 amide bonds. The maximum Gasteiger partial charge on any atom is 0.414 e. The van der Waals surface area contributed by atoms with E-state index in [1.807, 2.05) is 39.5 Å². The van der Waals surface area contributed by atoms with Gasteiger partial charge in [0.05, 0.1) is 66.5 Å². The minimum Gasteiger partial charge on any atom is -0.459 e. The Kier molecular flexibility index (Phi) is 23.3. The normalized spacial score (nSPS) is 38.6. The third kappa shape index (κ3) is 16.5. The number of methoxy groups -OCH3 is 1. The zero-order valence-corrected chi connectivity index (χ0v) is 51.3. The summed E-state index contributed by atoms with van der Waals surface area (Å²) in [6, 6.07) is 4.26. The molecule has 1 aromatic rings. The average molecular weight is 1180 g/mol. The second-order valence-electron chi connectivity index (χ2n) is 24.9. The minimum atomic E-state index is -1.84. The van der Waals surface area contributed by atoms with Crippen LogP contribution in [0.3, 0.4) is 0 Å². The van der Waals surface area contributed by atoms with Crippen molar-refractivity contribution in [1.29, 1.82) is 0 Å². The van der Waals surface area contributed by atoms with E-state index >= 15 is 4.39 Å². The van der Waals surface area contributed by atoms with Gasteiger partial charge in [-0.15, -0.1) is 0 Å². The number of rotatable bonds is 16. The van der Waals surface area contributed by atoms with Crippen molar-refractivity contribution < 1.29 is 86.7 Å². The van der Waals surface area contributed by atoms with E-state index in [1.165, 1.54) is 31.9 Å². The van der Waals surface area contributed by atoms with Gasteiger partial charge in [-0.25, -0.2) is 18.8 Å². The quantitative estimate of drug-likeness (QED) is 0.0636. The molecule has 0 saturated carbocycles. The summed E-state index contributed by atoms with van der Waals surface area (Å²) in [4.78, 5) is 69.5. The van der Waals surface area contributed by atoms with Gasteiger partial charge in [-0.1, -0.05) is 41.5 Å². The highest BCUT2D eigenvalue weighted by Gasteiger charge is 2.54. The number of benzene rings is 1. The van der Waals surface area contributed by atoms with Crippen LogP contribution in [0.15, 0.2) is 18.2 Å². The molecule has 7 N–H and O–H groups in total. The number of piperazine rings is 1. The Morgan fingerprint density at radius 2 is 1.48 bits per heavy atom. The van der Waals surface area contributed by atoms with Crippen molar-refractivity contribution in [2.24, 2.45) is 35.5 Å². The van der Waals surface area contributed by atoms with Crippen molar-refractivity contribution in [3.05, 3.63) is 24.0 Å². The average Bonchev–Trinajstić information content (AvgIpc) is 3.62. The lowest BCUT2D eigenvalue weighted by Crippen LogP contribution is -2.61. The van der Waals surface area contributed by atoms with Crippen LogP contribution in [0.5, 0.6) is 0 Å².